The zero-order valence-electron chi connectivity index (χ0n) is 19.7. The van der Waals surface area contributed by atoms with Crippen molar-refractivity contribution in [2.75, 3.05) is 19.6 Å². The zero-order chi connectivity index (χ0) is 23.4. The molecule has 1 aliphatic heterocycles. The first-order valence-electron chi connectivity index (χ1n) is 12.0. The second kappa shape index (κ2) is 10.2. The number of fused-ring (bicyclic) bond motifs is 1. The van der Waals surface area contributed by atoms with Crippen LogP contribution in [0.5, 0.6) is 0 Å². The van der Waals surface area contributed by atoms with Crippen LogP contribution in [-0.4, -0.2) is 41.3 Å². The molecule has 0 saturated carbocycles. The summed E-state index contributed by atoms with van der Waals surface area (Å²) in [6.07, 6.45) is 2.68. The maximum atomic E-state index is 13.1. The number of carbonyl (C=O) groups is 2. The van der Waals surface area contributed by atoms with Crippen molar-refractivity contribution >= 4 is 22.9 Å². The van der Waals surface area contributed by atoms with E-state index in [9.17, 15) is 9.59 Å². The molecule has 2 amide bonds. The fourth-order valence-corrected chi connectivity index (χ4v) is 4.41. The molecule has 1 fully saturated rings. The molecule has 33 heavy (non-hydrogen) atoms. The van der Waals surface area contributed by atoms with Gasteiger partial charge in [-0.15, -0.1) is 0 Å². The summed E-state index contributed by atoms with van der Waals surface area (Å²) in [5.74, 6) is 1.55. The fraction of sp³-hybridized carbons (Fsp3) is 0.444. The molecule has 0 radical (unpaired) electrons. The first-order valence-corrected chi connectivity index (χ1v) is 12.0. The Kier molecular flexibility index (Phi) is 7.11. The molecule has 2 heterocycles. The molecule has 3 aromatic rings. The number of amides is 2. The van der Waals surface area contributed by atoms with Gasteiger partial charge in [-0.25, -0.2) is 4.98 Å². The molecule has 2 aromatic carbocycles. The SMILES string of the molecule is CC(C)CCNC(=O)[C@H](C)C1CCN(C(=O)c2ccc3oc(-c4ccccc4)nc3c2)CC1. The maximum absolute atomic E-state index is 13.1. The summed E-state index contributed by atoms with van der Waals surface area (Å²) in [6, 6.07) is 15.2. The Labute approximate surface area is 195 Å². The van der Waals surface area contributed by atoms with E-state index >= 15 is 0 Å². The van der Waals surface area contributed by atoms with Crippen LogP contribution in [-0.2, 0) is 4.79 Å². The highest BCUT2D eigenvalue weighted by Gasteiger charge is 2.30. The van der Waals surface area contributed by atoms with E-state index in [-0.39, 0.29) is 17.7 Å². The molecule has 0 spiro atoms. The van der Waals surface area contributed by atoms with Gasteiger partial charge in [-0.05, 0) is 61.4 Å². The Bertz CT molecular complexity index is 1100. The third kappa shape index (κ3) is 5.44. The number of hydrogen-bond donors (Lipinski definition) is 1. The number of hydrogen-bond acceptors (Lipinski definition) is 4. The Hall–Kier alpha value is -3.15. The van der Waals surface area contributed by atoms with Gasteiger partial charge in [0.05, 0.1) is 0 Å². The quantitative estimate of drug-likeness (QED) is 0.544. The normalized spacial score (nSPS) is 15.7. The number of oxazole rings is 1. The third-order valence-electron chi connectivity index (χ3n) is 6.62. The minimum atomic E-state index is -0.0303. The van der Waals surface area contributed by atoms with Gasteiger partial charge >= 0.3 is 0 Å². The molecule has 6 nitrogen and oxygen atoms in total. The average molecular weight is 448 g/mol. The standard InChI is InChI=1S/C27H33N3O3/c1-18(2)11-14-28-25(31)19(3)20-12-15-30(16-13-20)27(32)22-9-10-24-23(17-22)29-26(33-24)21-7-5-4-6-8-21/h4-10,17-20H,11-16H2,1-3H3,(H,28,31)/t19-/m1/s1. The Balaban J connectivity index is 1.36. The number of likely N-dealkylation sites (tertiary alicyclic amines) is 1. The minimum absolute atomic E-state index is 0.00801. The van der Waals surface area contributed by atoms with Gasteiger partial charge in [0.15, 0.2) is 5.58 Å². The highest BCUT2D eigenvalue weighted by Crippen LogP contribution is 2.28. The van der Waals surface area contributed by atoms with E-state index in [4.69, 9.17) is 4.42 Å². The second-order valence-electron chi connectivity index (χ2n) is 9.46. The molecule has 1 N–H and O–H groups in total. The molecule has 6 heteroatoms. The van der Waals surface area contributed by atoms with Gasteiger partial charge in [0.25, 0.3) is 5.91 Å². The van der Waals surface area contributed by atoms with Gasteiger partial charge in [0, 0.05) is 36.7 Å². The van der Waals surface area contributed by atoms with Gasteiger partial charge in [0.1, 0.15) is 5.52 Å². The molecule has 4 rings (SSSR count). The molecule has 0 aliphatic carbocycles. The first-order chi connectivity index (χ1) is 15.9. The number of rotatable bonds is 7. The molecule has 0 bridgehead atoms. The second-order valence-corrected chi connectivity index (χ2v) is 9.46. The van der Waals surface area contributed by atoms with Crippen molar-refractivity contribution < 1.29 is 14.0 Å². The van der Waals surface area contributed by atoms with Crippen molar-refractivity contribution in [1.82, 2.24) is 15.2 Å². The molecular weight excluding hydrogens is 414 g/mol. The van der Waals surface area contributed by atoms with Crippen molar-refractivity contribution in [3.63, 3.8) is 0 Å². The summed E-state index contributed by atoms with van der Waals surface area (Å²) in [5.41, 5.74) is 2.88. The average Bonchev–Trinajstić information content (AvgIpc) is 3.27. The molecule has 1 aromatic heterocycles. The summed E-state index contributed by atoms with van der Waals surface area (Å²) in [7, 11) is 0. The van der Waals surface area contributed by atoms with E-state index in [0.29, 0.717) is 47.5 Å². The van der Waals surface area contributed by atoms with E-state index in [2.05, 4.69) is 24.1 Å². The molecule has 1 aliphatic rings. The van der Waals surface area contributed by atoms with Gasteiger partial charge in [-0.2, -0.15) is 0 Å². The lowest BCUT2D eigenvalue weighted by molar-refractivity contribution is -0.126. The van der Waals surface area contributed by atoms with Crippen LogP contribution >= 0.6 is 0 Å². The van der Waals surface area contributed by atoms with Crippen molar-refractivity contribution in [2.45, 2.75) is 40.0 Å². The smallest absolute Gasteiger partial charge is 0.253 e. The van der Waals surface area contributed by atoms with Gasteiger partial charge in [0.2, 0.25) is 11.8 Å². The van der Waals surface area contributed by atoms with Crippen molar-refractivity contribution in [2.24, 2.45) is 17.8 Å². The molecule has 0 unspecified atom stereocenters. The Morgan fingerprint density at radius 3 is 2.52 bits per heavy atom. The fourth-order valence-electron chi connectivity index (χ4n) is 4.41. The Morgan fingerprint density at radius 2 is 1.82 bits per heavy atom. The van der Waals surface area contributed by atoms with E-state index in [1.54, 1.807) is 0 Å². The highest BCUT2D eigenvalue weighted by molar-refractivity contribution is 5.97. The lowest BCUT2D eigenvalue weighted by Gasteiger charge is -2.34. The van der Waals surface area contributed by atoms with Crippen molar-refractivity contribution in [3.8, 4) is 11.5 Å². The number of nitrogens with zero attached hydrogens (tertiary/aromatic N) is 2. The van der Waals surface area contributed by atoms with E-state index < -0.39 is 0 Å². The number of nitrogens with one attached hydrogen (secondary N) is 1. The van der Waals surface area contributed by atoms with E-state index in [1.165, 1.54) is 0 Å². The summed E-state index contributed by atoms with van der Waals surface area (Å²) in [4.78, 5) is 32.1. The molecule has 1 saturated heterocycles. The largest absolute Gasteiger partial charge is 0.436 e. The lowest BCUT2D eigenvalue weighted by Crippen LogP contribution is -2.42. The van der Waals surface area contributed by atoms with E-state index in [0.717, 1.165) is 31.4 Å². The van der Waals surface area contributed by atoms with Crippen molar-refractivity contribution in [1.29, 1.82) is 0 Å². The van der Waals surface area contributed by atoms with Gasteiger partial charge in [-0.1, -0.05) is 39.0 Å². The molecule has 174 valence electrons. The Morgan fingerprint density at radius 1 is 1.09 bits per heavy atom. The molecule has 1 atom stereocenters. The van der Waals surface area contributed by atoms with Crippen LogP contribution in [0.1, 0.15) is 50.4 Å². The predicted octanol–water partition coefficient (Wildman–Crippen LogP) is 5.15. The van der Waals surface area contributed by atoms with Gasteiger partial charge < -0.3 is 14.6 Å². The van der Waals surface area contributed by atoms with Crippen LogP contribution in [0.3, 0.4) is 0 Å². The van der Waals surface area contributed by atoms with Crippen LogP contribution in [0.4, 0.5) is 0 Å². The third-order valence-corrected chi connectivity index (χ3v) is 6.62. The number of carbonyl (C=O) groups excluding carboxylic acids is 2. The minimum Gasteiger partial charge on any atom is -0.436 e. The van der Waals surface area contributed by atoms with Crippen LogP contribution in [0.2, 0.25) is 0 Å². The highest BCUT2D eigenvalue weighted by atomic mass is 16.3. The van der Waals surface area contributed by atoms with Crippen LogP contribution in [0, 0.1) is 17.8 Å². The summed E-state index contributed by atoms with van der Waals surface area (Å²) >= 11 is 0. The number of benzene rings is 2. The monoisotopic (exact) mass is 447 g/mol. The number of aromatic nitrogens is 1. The summed E-state index contributed by atoms with van der Waals surface area (Å²) in [5, 5.41) is 3.07. The first kappa shape index (κ1) is 23.0. The number of piperidine rings is 1. The van der Waals surface area contributed by atoms with Gasteiger partial charge in [-0.3, -0.25) is 9.59 Å². The summed E-state index contributed by atoms with van der Waals surface area (Å²) < 4.78 is 5.86. The lowest BCUT2D eigenvalue weighted by atomic mass is 9.84. The van der Waals surface area contributed by atoms with Crippen molar-refractivity contribution in [3.05, 3.63) is 54.1 Å². The zero-order valence-corrected chi connectivity index (χ0v) is 19.7. The van der Waals surface area contributed by atoms with E-state index in [1.807, 2.05) is 60.4 Å². The summed E-state index contributed by atoms with van der Waals surface area (Å²) in [6.45, 7) is 8.39. The molecular formula is C27H33N3O3. The topological polar surface area (TPSA) is 75.4 Å². The van der Waals surface area contributed by atoms with Crippen LogP contribution in [0.15, 0.2) is 52.9 Å². The van der Waals surface area contributed by atoms with Crippen LogP contribution < -0.4 is 5.32 Å². The predicted molar refractivity (Wildman–Crippen MR) is 130 cm³/mol. The van der Waals surface area contributed by atoms with Crippen LogP contribution in [0.25, 0.3) is 22.6 Å². The maximum Gasteiger partial charge on any atom is 0.253 e.